The number of carbonyl (C=O) groups is 2. The molecule has 0 unspecified atom stereocenters. The Bertz CT molecular complexity index is 1070. The third-order valence-electron chi connectivity index (χ3n) is 4.15. The van der Waals surface area contributed by atoms with E-state index in [2.05, 4.69) is 10.3 Å². The average Bonchev–Trinajstić information content (AvgIpc) is 3.11. The molecule has 158 valence electrons. The number of fused-ring (bicyclic) bond motifs is 1. The van der Waals surface area contributed by atoms with Crippen molar-refractivity contribution in [1.29, 1.82) is 0 Å². The number of esters is 1. The van der Waals surface area contributed by atoms with E-state index in [1.165, 1.54) is 11.3 Å². The summed E-state index contributed by atoms with van der Waals surface area (Å²) in [6.45, 7) is 4.04. The zero-order valence-corrected chi connectivity index (χ0v) is 18.7. The summed E-state index contributed by atoms with van der Waals surface area (Å²) in [4.78, 5) is 29.0. The van der Waals surface area contributed by atoms with Gasteiger partial charge in [0.2, 0.25) is 0 Å². The number of anilines is 1. The van der Waals surface area contributed by atoms with Crippen molar-refractivity contribution in [2.24, 2.45) is 0 Å². The van der Waals surface area contributed by atoms with Gasteiger partial charge in [0.1, 0.15) is 5.75 Å². The molecule has 30 heavy (non-hydrogen) atoms. The molecule has 0 aliphatic rings. The van der Waals surface area contributed by atoms with Gasteiger partial charge in [-0.25, -0.2) is 9.78 Å². The fraction of sp³-hybridized carbons (Fsp3) is 0.286. The first-order chi connectivity index (χ1) is 14.4. The van der Waals surface area contributed by atoms with E-state index in [0.29, 0.717) is 38.6 Å². The Morgan fingerprint density at radius 1 is 1.20 bits per heavy atom. The van der Waals surface area contributed by atoms with E-state index in [1.54, 1.807) is 43.3 Å². The van der Waals surface area contributed by atoms with Gasteiger partial charge in [-0.3, -0.25) is 10.1 Å². The molecule has 3 rings (SSSR count). The number of nitrogens with zero attached hydrogens (tertiary/aromatic N) is 1. The monoisotopic (exact) mass is 466 g/mol. The third-order valence-corrected chi connectivity index (χ3v) is 5.62. The average molecular weight is 467 g/mol. The number of hydrogen-bond acceptors (Lipinski definition) is 6. The minimum absolute atomic E-state index is 0.320. The highest BCUT2D eigenvalue weighted by Gasteiger charge is 2.18. The number of thiazole rings is 1. The van der Waals surface area contributed by atoms with Crippen molar-refractivity contribution < 1.29 is 19.1 Å². The molecule has 0 bridgehead atoms. The summed E-state index contributed by atoms with van der Waals surface area (Å²) in [5.41, 5.74) is 1.13. The lowest BCUT2D eigenvalue weighted by molar-refractivity contribution is -0.122. The van der Waals surface area contributed by atoms with Crippen molar-refractivity contribution in [2.75, 3.05) is 11.9 Å². The predicted molar refractivity (Wildman–Crippen MR) is 120 cm³/mol. The molecule has 0 saturated carbocycles. The minimum atomic E-state index is -0.806. The molecule has 0 aliphatic heterocycles. The molecular weight excluding hydrogens is 447 g/mol. The van der Waals surface area contributed by atoms with Crippen LogP contribution in [0.15, 0.2) is 36.4 Å². The van der Waals surface area contributed by atoms with Crippen molar-refractivity contribution in [3.8, 4) is 5.75 Å². The lowest BCUT2D eigenvalue weighted by Crippen LogP contribution is -2.30. The van der Waals surface area contributed by atoms with Gasteiger partial charge in [0.05, 0.1) is 27.4 Å². The van der Waals surface area contributed by atoms with E-state index in [0.717, 1.165) is 17.5 Å². The molecule has 0 fully saturated rings. The highest BCUT2D eigenvalue weighted by molar-refractivity contribution is 7.22. The third kappa shape index (κ3) is 5.62. The van der Waals surface area contributed by atoms with Crippen LogP contribution in [0, 0.1) is 0 Å². The van der Waals surface area contributed by atoms with Gasteiger partial charge >= 0.3 is 5.97 Å². The van der Waals surface area contributed by atoms with E-state index >= 15 is 0 Å². The Morgan fingerprint density at radius 2 is 2.00 bits per heavy atom. The Kier molecular flexibility index (Phi) is 7.53. The quantitative estimate of drug-likeness (QED) is 0.327. The SMILES string of the molecule is CCCCOC(=O)c1ccc2nc(NC(=O)[C@H](C)Oc3ccc(Cl)cc3Cl)sc2c1. The molecule has 0 radical (unpaired) electrons. The number of halogens is 2. The van der Waals surface area contributed by atoms with Crippen LogP contribution in [0.5, 0.6) is 5.75 Å². The molecule has 1 amide bonds. The van der Waals surface area contributed by atoms with Crippen LogP contribution in [0.4, 0.5) is 5.13 Å². The molecule has 1 atom stereocenters. The summed E-state index contributed by atoms with van der Waals surface area (Å²) >= 11 is 13.2. The van der Waals surface area contributed by atoms with Crippen molar-refractivity contribution in [1.82, 2.24) is 4.98 Å². The lowest BCUT2D eigenvalue weighted by Gasteiger charge is -2.14. The number of rotatable bonds is 8. The van der Waals surface area contributed by atoms with Crippen LogP contribution in [0.3, 0.4) is 0 Å². The van der Waals surface area contributed by atoms with Gasteiger partial charge in [-0.1, -0.05) is 47.9 Å². The number of carbonyl (C=O) groups excluding carboxylic acids is 2. The molecular formula is C21H20Cl2N2O4S. The van der Waals surface area contributed by atoms with Gasteiger partial charge in [0.15, 0.2) is 11.2 Å². The Labute approximate surface area is 188 Å². The van der Waals surface area contributed by atoms with Crippen LogP contribution in [-0.2, 0) is 9.53 Å². The van der Waals surface area contributed by atoms with Crippen molar-refractivity contribution in [3.63, 3.8) is 0 Å². The number of hydrogen-bond donors (Lipinski definition) is 1. The number of nitrogens with one attached hydrogen (secondary N) is 1. The summed E-state index contributed by atoms with van der Waals surface area (Å²) in [6, 6.07) is 9.88. The zero-order valence-electron chi connectivity index (χ0n) is 16.4. The van der Waals surface area contributed by atoms with Gasteiger partial charge in [0, 0.05) is 5.02 Å². The second-order valence-corrected chi connectivity index (χ2v) is 8.39. The Balaban J connectivity index is 1.66. The van der Waals surface area contributed by atoms with E-state index in [4.69, 9.17) is 32.7 Å². The van der Waals surface area contributed by atoms with Crippen LogP contribution in [-0.4, -0.2) is 29.6 Å². The maximum Gasteiger partial charge on any atom is 0.338 e. The van der Waals surface area contributed by atoms with Crippen LogP contribution in [0.2, 0.25) is 10.0 Å². The summed E-state index contributed by atoms with van der Waals surface area (Å²) in [5.74, 6) is -0.385. The second-order valence-electron chi connectivity index (χ2n) is 6.52. The van der Waals surface area contributed by atoms with Crippen LogP contribution >= 0.6 is 34.5 Å². The topological polar surface area (TPSA) is 77.5 Å². The smallest absolute Gasteiger partial charge is 0.338 e. The largest absolute Gasteiger partial charge is 0.479 e. The number of aromatic nitrogens is 1. The zero-order chi connectivity index (χ0) is 21.7. The van der Waals surface area contributed by atoms with E-state index in [1.807, 2.05) is 6.92 Å². The molecule has 1 heterocycles. The van der Waals surface area contributed by atoms with Crippen molar-refractivity contribution in [3.05, 3.63) is 52.0 Å². The number of ether oxygens (including phenoxy) is 2. The summed E-state index contributed by atoms with van der Waals surface area (Å²) in [7, 11) is 0. The van der Waals surface area contributed by atoms with Crippen LogP contribution < -0.4 is 10.1 Å². The van der Waals surface area contributed by atoms with Gasteiger partial charge in [0.25, 0.3) is 5.91 Å². The van der Waals surface area contributed by atoms with E-state index in [9.17, 15) is 9.59 Å². The second kappa shape index (κ2) is 10.1. The van der Waals surface area contributed by atoms with Crippen LogP contribution in [0.1, 0.15) is 37.0 Å². The molecule has 9 heteroatoms. The van der Waals surface area contributed by atoms with Gasteiger partial charge in [-0.05, 0) is 49.7 Å². The van der Waals surface area contributed by atoms with Gasteiger partial charge in [-0.2, -0.15) is 0 Å². The standard InChI is InChI=1S/C21H20Cl2N2O4S/c1-3-4-9-28-20(27)13-5-7-16-18(10-13)30-21(24-16)25-19(26)12(2)29-17-8-6-14(22)11-15(17)23/h5-8,10-12H,3-4,9H2,1-2H3,(H,24,25,26)/t12-/m0/s1. The molecule has 2 aromatic carbocycles. The maximum atomic E-state index is 12.5. The summed E-state index contributed by atoms with van der Waals surface area (Å²) in [6.07, 6.45) is 0.975. The first-order valence-electron chi connectivity index (χ1n) is 9.37. The molecule has 3 aromatic rings. The number of amides is 1. The Morgan fingerprint density at radius 3 is 2.73 bits per heavy atom. The Hall–Kier alpha value is -2.35. The fourth-order valence-electron chi connectivity index (χ4n) is 2.52. The normalized spacial score (nSPS) is 11.9. The maximum absolute atomic E-state index is 12.5. The molecule has 6 nitrogen and oxygen atoms in total. The molecule has 1 N–H and O–H groups in total. The van der Waals surface area contributed by atoms with Crippen LogP contribution in [0.25, 0.3) is 10.2 Å². The molecule has 0 spiro atoms. The fourth-order valence-corrected chi connectivity index (χ4v) is 3.88. The molecule has 0 aliphatic carbocycles. The van der Waals surface area contributed by atoms with Crippen molar-refractivity contribution >= 4 is 61.8 Å². The predicted octanol–water partition coefficient (Wildman–Crippen LogP) is 5.97. The molecule has 0 saturated heterocycles. The minimum Gasteiger partial charge on any atom is -0.479 e. The van der Waals surface area contributed by atoms with Gasteiger partial charge in [-0.15, -0.1) is 0 Å². The summed E-state index contributed by atoms with van der Waals surface area (Å²) in [5, 5.41) is 3.94. The van der Waals surface area contributed by atoms with E-state index in [-0.39, 0.29) is 11.9 Å². The van der Waals surface area contributed by atoms with Crippen molar-refractivity contribution in [2.45, 2.75) is 32.8 Å². The number of unbranched alkanes of at least 4 members (excludes halogenated alkanes) is 1. The lowest BCUT2D eigenvalue weighted by atomic mass is 10.2. The van der Waals surface area contributed by atoms with Gasteiger partial charge < -0.3 is 9.47 Å². The van der Waals surface area contributed by atoms with E-state index < -0.39 is 6.10 Å². The first-order valence-corrected chi connectivity index (χ1v) is 10.9. The highest BCUT2D eigenvalue weighted by atomic mass is 35.5. The first kappa shape index (κ1) is 22.3. The molecule has 1 aromatic heterocycles. The summed E-state index contributed by atoms with van der Waals surface area (Å²) < 4.78 is 11.6. The highest BCUT2D eigenvalue weighted by Crippen LogP contribution is 2.30. The number of benzene rings is 2.